The summed E-state index contributed by atoms with van der Waals surface area (Å²) < 4.78 is 26.1. The van der Waals surface area contributed by atoms with Crippen LogP contribution in [0.5, 0.6) is 0 Å². The van der Waals surface area contributed by atoms with Gasteiger partial charge in [-0.05, 0) is 42.4 Å². The fourth-order valence-corrected chi connectivity index (χ4v) is 3.73. The Labute approximate surface area is 134 Å². The topological polar surface area (TPSA) is 0 Å². The third kappa shape index (κ3) is 5.70. The van der Waals surface area contributed by atoms with Crippen LogP contribution in [-0.2, 0) is 6.42 Å². The number of aryl methyl sites for hydroxylation is 1. The van der Waals surface area contributed by atoms with E-state index in [4.69, 9.17) is 0 Å². The molecule has 1 aromatic carbocycles. The van der Waals surface area contributed by atoms with Crippen molar-refractivity contribution in [1.29, 1.82) is 0 Å². The highest BCUT2D eigenvalue weighted by molar-refractivity contribution is 5.17. The van der Waals surface area contributed by atoms with Gasteiger partial charge < -0.3 is 0 Å². The first-order valence-corrected chi connectivity index (χ1v) is 9.13. The number of unbranched alkanes of at least 4 members (excludes halogenated alkanes) is 3. The van der Waals surface area contributed by atoms with Crippen LogP contribution in [0.15, 0.2) is 18.2 Å². The maximum atomic E-state index is 13.2. The minimum absolute atomic E-state index is 0.715. The molecule has 1 aliphatic rings. The minimum Gasteiger partial charge on any atom is -0.204 e. The third-order valence-corrected chi connectivity index (χ3v) is 5.26. The van der Waals surface area contributed by atoms with Crippen LogP contribution < -0.4 is 0 Å². The van der Waals surface area contributed by atoms with Gasteiger partial charge in [-0.15, -0.1) is 0 Å². The molecule has 1 aliphatic carbocycles. The maximum Gasteiger partial charge on any atom is 0.159 e. The highest BCUT2D eigenvalue weighted by Crippen LogP contribution is 2.34. The van der Waals surface area contributed by atoms with Crippen molar-refractivity contribution in [2.45, 2.75) is 77.6 Å². The van der Waals surface area contributed by atoms with Crippen LogP contribution in [0.3, 0.4) is 0 Å². The fraction of sp³-hybridized carbons (Fsp3) is 0.700. The summed E-state index contributed by atoms with van der Waals surface area (Å²) >= 11 is 0. The van der Waals surface area contributed by atoms with Gasteiger partial charge in [0, 0.05) is 0 Å². The first kappa shape index (κ1) is 17.4. The van der Waals surface area contributed by atoms with E-state index < -0.39 is 11.6 Å². The summed E-state index contributed by atoms with van der Waals surface area (Å²) in [5, 5.41) is 0. The van der Waals surface area contributed by atoms with Gasteiger partial charge in [0.25, 0.3) is 0 Å². The van der Waals surface area contributed by atoms with Crippen molar-refractivity contribution in [3.63, 3.8) is 0 Å². The van der Waals surface area contributed by atoms with Crippen molar-refractivity contribution >= 4 is 0 Å². The lowest BCUT2D eigenvalue weighted by atomic mass is 9.78. The van der Waals surface area contributed by atoms with E-state index in [1.807, 2.05) is 0 Å². The van der Waals surface area contributed by atoms with Gasteiger partial charge in [-0.3, -0.25) is 0 Å². The molecule has 0 atom stereocenters. The Kier molecular flexibility index (Phi) is 7.35. The van der Waals surface area contributed by atoms with Crippen LogP contribution in [0, 0.1) is 23.5 Å². The second-order valence-corrected chi connectivity index (χ2v) is 7.02. The molecule has 0 N–H and O–H groups in total. The molecule has 2 rings (SSSR count). The van der Waals surface area contributed by atoms with E-state index in [0.717, 1.165) is 30.2 Å². The van der Waals surface area contributed by atoms with Gasteiger partial charge in [0.05, 0.1) is 0 Å². The molecule has 22 heavy (non-hydrogen) atoms. The van der Waals surface area contributed by atoms with Crippen molar-refractivity contribution in [3.8, 4) is 0 Å². The van der Waals surface area contributed by atoms with Crippen LogP contribution in [-0.4, -0.2) is 0 Å². The summed E-state index contributed by atoms with van der Waals surface area (Å²) in [5.74, 6) is 0.261. The van der Waals surface area contributed by atoms with Crippen molar-refractivity contribution in [2.75, 3.05) is 0 Å². The van der Waals surface area contributed by atoms with E-state index in [1.54, 1.807) is 6.07 Å². The quantitative estimate of drug-likeness (QED) is 0.470. The summed E-state index contributed by atoms with van der Waals surface area (Å²) in [6.45, 7) is 2.26. The van der Waals surface area contributed by atoms with Crippen LogP contribution in [0.25, 0.3) is 0 Å². The first-order valence-electron chi connectivity index (χ1n) is 9.13. The van der Waals surface area contributed by atoms with E-state index in [-0.39, 0.29) is 0 Å². The summed E-state index contributed by atoms with van der Waals surface area (Å²) in [7, 11) is 0. The molecule has 0 saturated heterocycles. The second kappa shape index (κ2) is 9.27. The average Bonchev–Trinajstić information content (AvgIpc) is 2.54. The van der Waals surface area contributed by atoms with Crippen molar-refractivity contribution in [3.05, 3.63) is 35.4 Å². The molecule has 0 heterocycles. The summed E-state index contributed by atoms with van der Waals surface area (Å²) in [6, 6.07) is 4.32. The molecule has 1 aromatic rings. The molecule has 2 heteroatoms. The fourth-order valence-electron chi connectivity index (χ4n) is 3.73. The monoisotopic (exact) mass is 308 g/mol. The van der Waals surface area contributed by atoms with Crippen molar-refractivity contribution < 1.29 is 8.78 Å². The van der Waals surface area contributed by atoms with E-state index in [1.165, 1.54) is 69.9 Å². The zero-order valence-corrected chi connectivity index (χ0v) is 13.9. The van der Waals surface area contributed by atoms with Gasteiger partial charge >= 0.3 is 0 Å². The molecule has 0 bridgehead atoms. The van der Waals surface area contributed by atoms with Crippen molar-refractivity contribution in [1.82, 2.24) is 0 Å². The Hall–Kier alpha value is -0.920. The zero-order chi connectivity index (χ0) is 15.8. The van der Waals surface area contributed by atoms with Gasteiger partial charge in [0.1, 0.15) is 0 Å². The number of hydrogen-bond donors (Lipinski definition) is 0. The molecule has 0 aliphatic heterocycles. The van der Waals surface area contributed by atoms with Gasteiger partial charge in [0.2, 0.25) is 0 Å². The van der Waals surface area contributed by atoms with E-state index in [0.29, 0.717) is 0 Å². The normalized spacial score (nSPS) is 22.0. The highest BCUT2D eigenvalue weighted by atomic mass is 19.2. The molecule has 0 unspecified atom stereocenters. The zero-order valence-electron chi connectivity index (χ0n) is 13.9. The molecule has 0 amide bonds. The predicted molar refractivity (Wildman–Crippen MR) is 88.9 cm³/mol. The third-order valence-electron chi connectivity index (χ3n) is 5.26. The van der Waals surface area contributed by atoms with Crippen LogP contribution >= 0.6 is 0 Å². The molecular weight excluding hydrogens is 278 g/mol. The van der Waals surface area contributed by atoms with Gasteiger partial charge in [-0.1, -0.05) is 70.8 Å². The van der Waals surface area contributed by atoms with E-state index in [2.05, 4.69) is 6.92 Å². The molecule has 1 saturated carbocycles. The molecular formula is C20H30F2. The maximum absolute atomic E-state index is 13.2. The second-order valence-electron chi connectivity index (χ2n) is 7.02. The number of benzene rings is 1. The Morgan fingerprint density at radius 3 is 2.18 bits per heavy atom. The van der Waals surface area contributed by atoms with Crippen LogP contribution in [0.4, 0.5) is 8.78 Å². The molecule has 0 aromatic heterocycles. The Morgan fingerprint density at radius 2 is 1.55 bits per heavy atom. The van der Waals surface area contributed by atoms with Gasteiger partial charge in [0.15, 0.2) is 11.6 Å². The van der Waals surface area contributed by atoms with Crippen molar-refractivity contribution in [2.24, 2.45) is 11.8 Å². The largest absolute Gasteiger partial charge is 0.204 e. The molecule has 0 radical (unpaired) electrons. The Bertz CT molecular complexity index is 433. The highest BCUT2D eigenvalue weighted by Gasteiger charge is 2.20. The lowest BCUT2D eigenvalue weighted by molar-refractivity contribution is 0.249. The number of halogens is 2. The molecule has 124 valence electrons. The van der Waals surface area contributed by atoms with E-state index >= 15 is 0 Å². The Morgan fingerprint density at radius 1 is 0.864 bits per heavy atom. The standard InChI is InChI=1S/C20H30F2/c1-2-3-4-5-6-16-7-9-17(10-8-16)11-12-18-13-14-19(21)20(22)15-18/h13-17H,2-12H2,1H3/t16-,17-. The summed E-state index contributed by atoms with van der Waals surface area (Å²) in [5.41, 5.74) is 0.931. The molecule has 0 nitrogen and oxygen atoms in total. The average molecular weight is 308 g/mol. The van der Waals surface area contributed by atoms with E-state index in [9.17, 15) is 8.78 Å². The Balaban J connectivity index is 1.63. The van der Waals surface area contributed by atoms with Gasteiger partial charge in [-0.2, -0.15) is 0 Å². The smallest absolute Gasteiger partial charge is 0.159 e. The summed E-state index contributed by atoms with van der Waals surface area (Å²) in [6.07, 6.45) is 14.3. The lowest BCUT2D eigenvalue weighted by Crippen LogP contribution is -2.15. The molecule has 0 spiro atoms. The van der Waals surface area contributed by atoms with Crippen LogP contribution in [0.2, 0.25) is 0 Å². The minimum atomic E-state index is -0.743. The SMILES string of the molecule is CCCCCC[C@H]1CC[C@H](CCc2ccc(F)c(F)c2)CC1. The number of rotatable bonds is 8. The molecule has 1 fully saturated rings. The summed E-state index contributed by atoms with van der Waals surface area (Å²) in [4.78, 5) is 0. The predicted octanol–water partition coefficient (Wildman–Crippen LogP) is 6.67. The lowest BCUT2D eigenvalue weighted by Gasteiger charge is -2.28. The van der Waals surface area contributed by atoms with Gasteiger partial charge in [-0.25, -0.2) is 8.78 Å². The van der Waals surface area contributed by atoms with Crippen LogP contribution in [0.1, 0.15) is 76.7 Å². The first-order chi connectivity index (χ1) is 10.7. The number of hydrogen-bond acceptors (Lipinski definition) is 0.